The van der Waals surface area contributed by atoms with Crippen molar-refractivity contribution >= 4 is 10.9 Å². The van der Waals surface area contributed by atoms with Crippen LogP contribution in [0.3, 0.4) is 0 Å². The van der Waals surface area contributed by atoms with E-state index in [1.807, 2.05) is 72.8 Å². The lowest BCUT2D eigenvalue weighted by Crippen LogP contribution is -2.12. The number of rotatable bonds is 6. The summed E-state index contributed by atoms with van der Waals surface area (Å²) in [4.78, 5) is 3.21. The third-order valence-electron chi connectivity index (χ3n) is 5.07. The number of halogens is 6. The monoisotopic (exact) mass is 505 g/mol. The highest BCUT2D eigenvalue weighted by atomic mass is 32.2. The molecule has 0 spiro atoms. The molecule has 0 aromatic heterocycles. The molecule has 4 aromatic rings. The summed E-state index contributed by atoms with van der Waals surface area (Å²) in [5.74, 6) is 0.337. The third kappa shape index (κ3) is 6.19. The van der Waals surface area contributed by atoms with Crippen LogP contribution >= 0.6 is 0 Å². The predicted octanol–water partition coefficient (Wildman–Crippen LogP) is 8.40. The van der Waals surface area contributed by atoms with Crippen LogP contribution in [-0.4, -0.2) is 0 Å². The first-order valence-corrected chi connectivity index (χ1v) is 11.7. The average Bonchev–Trinajstić information content (AvgIpc) is 2.84. The Balaban J connectivity index is 1.57. The molecular weight excluding hydrogens is 486 g/mol. The van der Waals surface area contributed by atoms with Gasteiger partial charge >= 0.3 is 12.4 Å². The second-order valence-corrected chi connectivity index (χ2v) is 9.63. The highest BCUT2D eigenvalue weighted by Crippen LogP contribution is 2.37. The van der Waals surface area contributed by atoms with Crippen molar-refractivity contribution in [3.05, 3.63) is 120 Å². The van der Waals surface area contributed by atoms with Crippen LogP contribution in [0.1, 0.15) is 16.7 Å². The molecule has 0 aliphatic rings. The van der Waals surface area contributed by atoms with E-state index in [1.165, 1.54) is 0 Å². The zero-order chi connectivity index (χ0) is 25.1. The quantitative estimate of drug-likeness (QED) is 0.189. The summed E-state index contributed by atoms with van der Waals surface area (Å²) in [6.45, 7) is -0.435. The maximum absolute atomic E-state index is 13.1. The third-order valence-corrected chi connectivity index (χ3v) is 7.30. The zero-order valence-corrected chi connectivity index (χ0v) is 18.9. The number of hydrogen-bond donors (Lipinski definition) is 0. The molecule has 0 saturated carbocycles. The van der Waals surface area contributed by atoms with Crippen LogP contribution in [-0.2, 0) is 29.9 Å². The number of hydrogen-bond acceptors (Lipinski definition) is 1. The lowest BCUT2D eigenvalue weighted by atomic mass is 10.1. The Labute approximate surface area is 201 Å². The Kier molecular flexibility index (Phi) is 7.12. The Hall–Kier alpha value is -3.39. The van der Waals surface area contributed by atoms with Crippen LogP contribution in [0.2, 0.25) is 0 Å². The average molecular weight is 506 g/mol. The van der Waals surface area contributed by atoms with Crippen LogP contribution in [0.25, 0.3) is 0 Å². The van der Waals surface area contributed by atoms with Crippen LogP contribution in [0.15, 0.2) is 118 Å². The van der Waals surface area contributed by atoms with Crippen LogP contribution in [0.4, 0.5) is 26.3 Å². The van der Waals surface area contributed by atoms with E-state index in [9.17, 15) is 26.3 Å². The molecule has 4 rings (SSSR count). The minimum atomic E-state index is -4.90. The molecule has 0 aliphatic carbocycles. The van der Waals surface area contributed by atoms with Gasteiger partial charge in [0.1, 0.15) is 12.4 Å². The molecule has 0 unspecified atom stereocenters. The fourth-order valence-electron chi connectivity index (χ4n) is 3.46. The van der Waals surface area contributed by atoms with Gasteiger partial charge in [-0.15, -0.1) is 0 Å². The van der Waals surface area contributed by atoms with Gasteiger partial charge in [-0.25, -0.2) is 0 Å². The molecule has 0 heterocycles. The molecule has 8 heteroatoms. The van der Waals surface area contributed by atoms with Gasteiger partial charge in [-0.05, 0) is 72.3 Å². The Bertz CT molecular complexity index is 1180. The van der Waals surface area contributed by atoms with Crippen LogP contribution in [0.5, 0.6) is 5.75 Å². The van der Waals surface area contributed by atoms with Crippen molar-refractivity contribution in [3.63, 3.8) is 0 Å². The first kappa shape index (κ1) is 24.7. The molecule has 0 N–H and O–H groups in total. The number of ether oxygens (including phenoxy) is 1. The van der Waals surface area contributed by atoms with E-state index < -0.39 is 41.0 Å². The molecule has 0 fully saturated rings. The van der Waals surface area contributed by atoms with Gasteiger partial charge in [-0.1, -0.05) is 36.4 Å². The van der Waals surface area contributed by atoms with Crippen molar-refractivity contribution in [1.29, 1.82) is 0 Å². The van der Waals surface area contributed by atoms with Gasteiger partial charge in [-0.2, -0.15) is 26.3 Å². The van der Waals surface area contributed by atoms with Gasteiger partial charge < -0.3 is 4.74 Å². The first-order chi connectivity index (χ1) is 16.6. The lowest BCUT2D eigenvalue weighted by Gasteiger charge is -2.15. The smallest absolute Gasteiger partial charge is 0.416 e. The second kappa shape index (κ2) is 10.1. The first-order valence-electron chi connectivity index (χ1n) is 10.5. The molecule has 0 saturated heterocycles. The Morgan fingerprint density at radius 3 is 1.40 bits per heavy atom. The van der Waals surface area contributed by atoms with Gasteiger partial charge in [0, 0.05) is 0 Å². The van der Waals surface area contributed by atoms with E-state index in [2.05, 4.69) is 0 Å². The van der Waals surface area contributed by atoms with E-state index >= 15 is 0 Å². The van der Waals surface area contributed by atoms with Crippen molar-refractivity contribution in [3.8, 4) is 5.75 Å². The largest absolute Gasteiger partial charge is 0.489 e. The minimum absolute atomic E-state index is 0.104. The highest BCUT2D eigenvalue weighted by molar-refractivity contribution is 7.97. The van der Waals surface area contributed by atoms with E-state index in [-0.39, 0.29) is 11.6 Å². The van der Waals surface area contributed by atoms with Crippen LogP contribution < -0.4 is 4.74 Å². The maximum atomic E-state index is 13.1. The summed E-state index contributed by atoms with van der Waals surface area (Å²) in [6, 6.07) is 28.3. The fourth-order valence-corrected chi connectivity index (χ4v) is 5.55. The predicted molar refractivity (Wildman–Crippen MR) is 122 cm³/mol. The summed E-state index contributed by atoms with van der Waals surface area (Å²) in [6.07, 6.45) is -9.80. The van der Waals surface area contributed by atoms with Gasteiger partial charge in [0.05, 0.1) is 22.0 Å². The van der Waals surface area contributed by atoms with E-state index in [1.54, 1.807) is 12.1 Å². The summed E-state index contributed by atoms with van der Waals surface area (Å²) in [7, 11) is -0.395. The molecule has 180 valence electrons. The Morgan fingerprint density at radius 1 is 0.543 bits per heavy atom. The van der Waals surface area contributed by atoms with Crippen LogP contribution in [0, 0.1) is 0 Å². The molecule has 4 aromatic carbocycles. The molecule has 0 atom stereocenters. The topological polar surface area (TPSA) is 9.23 Å². The fraction of sp³-hybridized carbons (Fsp3) is 0.111. The summed E-state index contributed by atoms with van der Waals surface area (Å²) in [5, 5.41) is 0. The molecule has 35 heavy (non-hydrogen) atoms. The van der Waals surface area contributed by atoms with E-state index in [4.69, 9.17) is 4.74 Å². The van der Waals surface area contributed by atoms with Crippen molar-refractivity contribution < 1.29 is 31.1 Å². The van der Waals surface area contributed by atoms with Gasteiger partial charge in [-0.3, -0.25) is 0 Å². The normalized spacial score (nSPS) is 12.1. The van der Waals surface area contributed by atoms with Crippen molar-refractivity contribution in [2.24, 2.45) is 0 Å². The summed E-state index contributed by atoms with van der Waals surface area (Å²) < 4.78 is 84.1. The van der Waals surface area contributed by atoms with Crippen molar-refractivity contribution in [2.75, 3.05) is 0 Å². The van der Waals surface area contributed by atoms with Gasteiger partial charge in [0.15, 0.2) is 14.7 Å². The molecule has 0 aliphatic heterocycles. The number of alkyl halides is 6. The molecule has 0 radical (unpaired) electrons. The highest BCUT2D eigenvalue weighted by Gasteiger charge is 2.37. The summed E-state index contributed by atoms with van der Waals surface area (Å²) >= 11 is 0. The summed E-state index contributed by atoms with van der Waals surface area (Å²) in [5.41, 5.74) is -2.95. The van der Waals surface area contributed by atoms with E-state index in [0.717, 1.165) is 14.7 Å². The van der Waals surface area contributed by atoms with Gasteiger partial charge in [0.25, 0.3) is 0 Å². The Morgan fingerprint density at radius 2 is 0.971 bits per heavy atom. The van der Waals surface area contributed by atoms with Gasteiger partial charge in [0.2, 0.25) is 0 Å². The second-order valence-electron chi connectivity index (χ2n) is 7.61. The number of benzene rings is 4. The molecular formula is C27H19F6OS+. The SMILES string of the molecule is FC(F)(F)c1cc(COc2ccc([S+](c3ccccc3)c3ccccc3)cc2)cc(C(F)(F)F)c1. The van der Waals surface area contributed by atoms with Crippen molar-refractivity contribution in [1.82, 2.24) is 0 Å². The standard InChI is InChI=1S/C27H19F6OS/c28-26(29,30)20-15-19(16-21(17-20)27(31,32)33)18-34-22-11-13-25(14-12-22)35(23-7-3-1-4-8-23)24-9-5-2-6-10-24/h1-17H,18H2/q+1. The minimum Gasteiger partial charge on any atom is -0.489 e. The maximum Gasteiger partial charge on any atom is 0.416 e. The molecule has 0 amide bonds. The van der Waals surface area contributed by atoms with E-state index in [0.29, 0.717) is 17.9 Å². The lowest BCUT2D eigenvalue weighted by molar-refractivity contribution is -0.143. The van der Waals surface area contributed by atoms with Crippen molar-refractivity contribution in [2.45, 2.75) is 33.6 Å². The molecule has 1 nitrogen and oxygen atoms in total. The zero-order valence-electron chi connectivity index (χ0n) is 18.1. The molecule has 0 bridgehead atoms.